The molecule has 0 aliphatic carbocycles. The topological polar surface area (TPSA) is 83.8 Å². The molecule has 7 nitrogen and oxygen atoms in total. The van der Waals surface area contributed by atoms with Gasteiger partial charge in [-0.1, -0.05) is 59.6 Å². The van der Waals surface area contributed by atoms with Crippen molar-refractivity contribution in [2.24, 2.45) is 5.10 Å². The van der Waals surface area contributed by atoms with Crippen LogP contribution in [0.25, 0.3) is 5.69 Å². The van der Waals surface area contributed by atoms with Crippen molar-refractivity contribution in [3.63, 3.8) is 0 Å². The van der Waals surface area contributed by atoms with E-state index in [1.807, 2.05) is 30.5 Å². The Morgan fingerprint density at radius 2 is 1.59 bits per heavy atom. The monoisotopic (exact) mass is 554 g/mol. The van der Waals surface area contributed by atoms with Crippen LogP contribution in [0, 0.1) is 13.8 Å². The minimum absolute atomic E-state index is 0.0879. The molecular weight excluding hydrogens is 531 g/mol. The van der Waals surface area contributed by atoms with Crippen molar-refractivity contribution in [3.05, 3.63) is 112 Å². The summed E-state index contributed by atoms with van der Waals surface area (Å²) in [5.41, 5.74) is 6.26. The van der Waals surface area contributed by atoms with Crippen molar-refractivity contribution in [2.45, 2.75) is 18.7 Å². The first kappa shape index (κ1) is 26.5. The van der Waals surface area contributed by atoms with Crippen LogP contribution in [0.1, 0.15) is 17.0 Å². The number of carbonyl (C=O) groups is 1. The van der Waals surface area contributed by atoms with Gasteiger partial charge in [-0.2, -0.15) is 5.10 Å². The van der Waals surface area contributed by atoms with Crippen molar-refractivity contribution >= 4 is 51.0 Å². The summed E-state index contributed by atoms with van der Waals surface area (Å²) in [4.78, 5) is 12.9. The summed E-state index contributed by atoms with van der Waals surface area (Å²) in [6, 6.07) is 23.7. The van der Waals surface area contributed by atoms with Crippen molar-refractivity contribution in [2.75, 3.05) is 10.8 Å². The lowest BCUT2D eigenvalue weighted by Crippen LogP contribution is -2.39. The largest absolute Gasteiger partial charge is 0.318 e. The molecule has 190 valence electrons. The lowest BCUT2D eigenvalue weighted by atomic mass is 10.2. The molecule has 1 aromatic heterocycles. The second-order valence-corrected chi connectivity index (χ2v) is 10.9. The maximum atomic E-state index is 13.3. The highest BCUT2D eigenvalue weighted by molar-refractivity contribution is 7.92. The molecule has 0 aliphatic rings. The third-order valence-corrected chi connectivity index (χ3v) is 8.21. The van der Waals surface area contributed by atoms with E-state index in [9.17, 15) is 13.2 Å². The van der Waals surface area contributed by atoms with Gasteiger partial charge < -0.3 is 4.57 Å². The smallest absolute Gasteiger partial charge is 0.264 e. The van der Waals surface area contributed by atoms with E-state index in [1.165, 1.54) is 18.3 Å². The molecule has 0 aliphatic heterocycles. The Hall–Kier alpha value is -3.59. The van der Waals surface area contributed by atoms with Gasteiger partial charge in [-0.3, -0.25) is 9.10 Å². The number of hydrazone groups is 1. The minimum atomic E-state index is -3.98. The third kappa shape index (κ3) is 5.88. The summed E-state index contributed by atoms with van der Waals surface area (Å²) in [5.74, 6) is -0.585. The van der Waals surface area contributed by atoms with Gasteiger partial charge in [0.05, 0.1) is 26.8 Å². The van der Waals surface area contributed by atoms with E-state index in [2.05, 4.69) is 10.5 Å². The van der Waals surface area contributed by atoms with Gasteiger partial charge in [0.15, 0.2) is 0 Å². The normalized spacial score (nSPS) is 11.6. The number of hydrogen-bond donors (Lipinski definition) is 1. The number of halogens is 2. The van der Waals surface area contributed by atoms with E-state index in [1.54, 1.807) is 60.7 Å². The molecule has 37 heavy (non-hydrogen) atoms. The molecule has 4 aromatic rings. The highest BCUT2D eigenvalue weighted by Gasteiger charge is 2.26. The lowest BCUT2D eigenvalue weighted by Gasteiger charge is -2.23. The Balaban J connectivity index is 1.53. The number of benzene rings is 3. The highest BCUT2D eigenvalue weighted by Crippen LogP contribution is 2.27. The van der Waals surface area contributed by atoms with Gasteiger partial charge in [-0.05, 0) is 62.4 Å². The Bertz CT molecular complexity index is 1550. The first-order valence-electron chi connectivity index (χ1n) is 11.3. The summed E-state index contributed by atoms with van der Waals surface area (Å²) in [6.07, 6.45) is 1.52. The fourth-order valence-electron chi connectivity index (χ4n) is 3.91. The summed E-state index contributed by atoms with van der Waals surface area (Å²) in [7, 11) is -3.98. The van der Waals surface area contributed by atoms with E-state index >= 15 is 0 Å². The number of amides is 1. The Kier molecular flexibility index (Phi) is 8.02. The Morgan fingerprint density at radius 3 is 2.24 bits per heavy atom. The molecule has 1 heterocycles. The number of para-hydroxylation sites is 1. The fraction of sp³-hybridized carbons (Fsp3) is 0.111. The van der Waals surface area contributed by atoms with Gasteiger partial charge in [0.1, 0.15) is 6.54 Å². The number of sulfonamides is 1. The molecule has 0 unspecified atom stereocenters. The highest BCUT2D eigenvalue weighted by atomic mass is 35.5. The Labute approximate surface area is 226 Å². The molecule has 0 radical (unpaired) electrons. The van der Waals surface area contributed by atoms with Crippen LogP contribution in [-0.4, -0.2) is 31.7 Å². The van der Waals surface area contributed by atoms with Crippen LogP contribution in [0.2, 0.25) is 10.0 Å². The van der Waals surface area contributed by atoms with Crippen LogP contribution >= 0.6 is 23.2 Å². The van der Waals surface area contributed by atoms with Crippen molar-refractivity contribution in [1.29, 1.82) is 0 Å². The van der Waals surface area contributed by atoms with E-state index in [-0.39, 0.29) is 4.90 Å². The second-order valence-electron chi connectivity index (χ2n) is 8.21. The molecule has 3 aromatic carbocycles. The SMILES string of the molecule is Cc1cc(/C=N/NC(=O)CN(c2ccccc2)S(=O)(=O)c2ccccc2)c(C)n1-c1ccc(Cl)c(Cl)c1. The average Bonchev–Trinajstić information content (AvgIpc) is 3.17. The van der Waals surface area contributed by atoms with Crippen molar-refractivity contribution < 1.29 is 13.2 Å². The maximum absolute atomic E-state index is 13.3. The predicted octanol–water partition coefficient (Wildman–Crippen LogP) is 5.75. The zero-order chi connectivity index (χ0) is 26.6. The van der Waals surface area contributed by atoms with Gasteiger partial charge in [-0.25, -0.2) is 13.8 Å². The molecule has 0 saturated carbocycles. The van der Waals surface area contributed by atoms with Crippen LogP contribution in [0.5, 0.6) is 0 Å². The number of carbonyl (C=O) groups excluding carboxylic acids is 1. The minimum Gasteiger partial charge on any atom is -0.318 e. The molecule has 0 saturated heterocycles. The zero-order valence-corrected chi connectivity index (χ0v) is 22.4. The van der Waals surface area contributed by atoms with Crippen LogP contribution in [-0.2, 0) is 14.8 Å². The Morgan fingerprint density at radius 1 is 0.946 bits per heavy atom. The second kappa shape index (κ2) is 11.2. The molecule has 0 atom stereocenters. The maximum Gasteiger partial charge on any atom is 0.264 e. The number of nitrogens with zero attached hydrogens (tertiary/aromatic N) is 3. The lowest BCUT2D eigenvalue weighted by molar-refractivity contribution is -0.119. The molecule has 1 amide bonds. The molecular formula is C27H24Cl2N4O3S. The standard InChI is InChI=1S/C27H24Cl2N4O3S/c1-19-15-21(20(2)33(19)23-13-14-25(28)26(29)16-23)17-30-31-27(34)18-32(22-9-5-3-6-10-22)37(35,36)24-11-7-4-8-12-24/h3-17H,18H2,1-2H3,(H,31,34)/b30-17+. The van der Waals surface area contributed by atoms with Crippen LogP contribution in [0.15, 0.2) is 94.9 Å². The summed E-state index contributed by atoms with van der Waals surface area (Å²) < 4.78 is 29.7. The van der Waals surface area contributed by atoms with Crippen molar-refractivity contribution in [3.8, 4) is 5.69 Å². The number of anilines is 1. The first-order valence-corrected chi connectivity index (χ1v) is 13.5. The van der Waals surface area contributed by atoms with E-state index < -0.39 is 22.5 Å². The molecule has 0 fully saturated rings. The zero-order valence-electron chi connectivity index (χ0n) is 20.1. The molecule has 0 spiro atoms. The molecule has 1 N–H and O–H groups in total. The summed E-state index contributed by atoms with van der Waals surface area (Å²) >= 11 is 12.2. The summed E-state index contributed by atoms with van der Waals surface area (Å²) in [5, 5.41) is 4.99. The van der Waals surface area contributed by atoms with E-state index in [0.717, 1.165) is 26.9 Å². The van der Waals surface area contributed by atoms with Crippen molar-refractivity contribution in [1.82, 2.24) is 9.99 Å². The van der Waals surface area contributed by atoms with Crippen LogP contribution in [0.4, 0.5) is 5.69 Å². The molecule has 10 heteroatoms. The first-order chi connectivity index (χ1) is 17.7. The van der Waals surface area contributed by atoms with Gasteiger partial charge in [-0.15, -0.1) is 0 Å². The average molecular weight is 555 g/mol. The quantitative estimate of drug-likeness (QED) is 0.222. The van der Waals surface area contributed by atoms with Crippen LogP contribution < -0.4 is 9.73 Å². The summed E-state index contributed by atoms with van der Waals surface area (Å²) in [6.45, 7) is 3.42. The van der Waals surface area contributed by atoms with Gasteiger partial charge >= 0.3 is 0 Å². The number of nitrogens with one attached hydrogen (secondary N) is 1. The molecule has 4 rings (SSSR count). The fourth-order valence-corrected chi connectivity index (χ4v) is 5.64. The number of aryl methyl sites for hydroxylation is 1. The van der Waals surface area contributed by atoms with E-state index in [4.69, 9.17) is 23.2 Å². The predicted molar refractivity (Wildman–Crippen MR) is 148 cm³/mol. The van der Waals surface area contributed by atoms with Gasteiger partial charge in [0.25, 0.3) is 15.9 Å². The van der Waals surface area contributed by atoms with E-state index in [0.29, 0.717) is 15.7 Å². The number of rotatable bonds is 8. The van der Waals surface area contributed by atoms with Gasteiger partial charge in [0, 0.05) is 22.6 Å². The third-order valence-electron chi connectivity index (χ3n) is 5.69. The number of hydrogen-bond acceptors (Lipinski definition) is 4. The number of aromatic nitrogens is 1. The van der Waals surface area contributed by atoms with Gasteiger partial charge in [0.2, 0.25) is 0 Å². The molecule has 0 bridgehead atoms. The van der Waals surface area contributed by atoms with Crippen LogP contribution in [0.3, 0.4) is 0 Å².